The van der Waals surface area contributed by atoms with Gasteiger partial charge in [-0.2, -0.15) is 0 Å². The predicted octanol–water partition coefficient (Wildman–Crippen LogP) is 5.96. The number of H-pyrrole nitrogens is 2. The van der Waals surface area contributed by atoms with Crippen LogP contribution in [0.1, 0.15) is 66.7 Å². The monoisotopic (exact) mass is 782 g/mol. The van der Waals surface area contributed by atoms with Gasteiger partial charge in [-0.05, 0) is 48.6 Å². The summed E-state index contributed by atoms with van der Waals surface area (Å²) in [7, 11) is 2.51. The van der Waals surface area contributed by atoms with Crippen molar-refractivity contribution in [1.29, 1.82) is 0 Å². The molecule has 0 radical (unpaired) electrons. The van der Waals surface area contributed by atoms with Crippen LogP contribution in [-0.2, 0) is 19.1 Å². The highest BCUT2D eigenvalue weighted by Crippen LogP contribution is 2.34. The van der Waals surface area contributed by atoms with Gasteiger partial charge in [-0.25, -0.2) is 19.6 Å². The van der Waals surface area contributed by atoms with Crippen LogP contribution in [0.15, 0.2) is 109 Å². The first-order valence-electron chi connectivity index (χ1n) is 18.7. The molecule has 1 saturated heterocycles. The third kappa shape index (κ3) is 8.70. The van der Waals surface area contributed by atoms with E-state index in [1.807, 2.05) is 60.7 Å². The number of hydrogen-bond acceptors (Lipinski definition) is 10. The molecule has 0 saturated carbocycles. The molecule has 4 atom stereocenters. The minimum absolute atomic E-state index is 0.248. The minimum Gasteiger partial charge on any atom is -0.453 e. The zero-order chi connectivity index (χ0) is 40.6. The zero-order valence-corrected chi connectivity index (χ0v) is 32.0. The molecule has 5 N–H and O–H groups in total. The van der Waals surface area contributed by atoms with Gasteiger partial charge in [-0.3, -0.25) is 9.59 Å². The summed E-state index contributed by atoms with van der Waals surface area (Å²) in [6.07, 6.45) is 3.46. The molecule has 3 aromatic carbocycles. The quantitative estimate of drug-likeness (QED) is 0.0984. The number of aromatic nitrogens is 6. The molecule has 0 spiro atoms. The maximum atomic E-state index is 13.9. The number of imidazole rings is 2. The van der Waals surface area contributed by atoms with E-state index in [2.05, 4.69) is 46.1 Å². The first kappa shape index (κ1) is 38.9. The Morgan fingerprint density at radius 3 is 1.91 bits per heavy atom. The van der Waals surface area contributed by atoms with E-state index in [-0.39, 0.29) is 11.9 Å². The van der Waals surface area contributed by atoms with Gasteiger partial charge in [0.15, 0.2) is 0 Å². The molecule has 1 aliphatic rings. The van der Waals surface area contributed by atoms with E-state index in [1.165, 1.54) is 14.2 Å². The van der Waals surface area contributed by atoms with E-state index in [0.717, 1.165) is 23.2 Å². The average Bonchev–Trinajstić information content (AvgIpc) is 4.07. The topological polar surface area (TPSA) is 209 Å². The normalized spacial score (nSPS) is 15.2. The van der Waals surface area contributed by atoms with Crippen molar-refractivity contribution in [3.05, 3.63) is 132 Å². The lowest BCUT2D eigenvalue weighted by molar-refractivity contribution is -0.134. The maximum absolute atomic E-state index is 13.9. The Kier molecular flexibility index (Phi) is 11.8. The summed E-state index contributed by atoms with van der Waals surface area (Å²) in [6.45, 7) is 2.32. The Bertz CT molecular complexity index is 2350. The number of methoxy groups -OCH3 is 2. The number of rotatable bonds is 12. The summed E-state index contributed by atoms with van der Waals surface area (Å²) >= 11 is 0. The third-order valence-corrected chi connectivity index (χ3v) is 9.91. The van der Waals surface area contributed by atoms with Crippen molar-refractivity contribution in [1.82, 2.24) is 51.0 Å². The van der Waals surface area contributed by atoms with Gasteiger partial charge >= 0.3 is 12.2 Å². The fraction of sp³-hybridized carbons (Fsp3) is 0.238. The van der Waals surface area contributed by atoms with Crippen LogP contribution in [-0.4, -0.2) is 79.8 Å². The Morgan fingerprint density at radius 2 is 1.28 bits per heavy atom. The van der Waals surface area contributed by atoms with Crippen LogP contribution >= 0.6 is 0 Å². The molecule has 296 valence electrons. The first-order chi connectivity index (χ1) is 28.2. The summed E-state index contributed by atoms with van der Waals surface area (Å²) in [6, 6.07) is 26.8. The molecule has 1 aliphatic heterocycles. The second-order valence-corrected chi connectivity index (χ2v) is 13.6. The fourth-order valence-corrected chi connectivity index (χ4v) is 6.87. The molecular formula is C42H42N10O6. The van der Waals surface area contributed by atoms with Crippen molar-refractivity contribution in [2.45, 2.75) is 43.9 Å². The number of aromatic amines is 2. The molecule has 6 aromatic rings. The van der Waals surface area contributed by atoms with Crippen LogP contribution in [0.4, 0.5) is 9.59 Å². The highest BCUT2D eigenvalue weighted by molar-refractivity contribution is 5.88. The van der Waals surface area contributed by atoms with Crippen LogP contribution in [0, 0.1) is 0 Å². The Morgan fingerprint density at radius 1 is 0.690 bits per heavy atom. The van der Waals surface area contributed by atoms with Crippen molar-refractivity contribution in [3.8, 4) is 33.9 Å². The number of amides is 4. The molecule has 16 heteroatoms. The fourth-order valence-electron chi connectivity index (χ4n) is 6.87. The number of carbonyl (C=O) groups is 4. The van der Waals surface area contributed by atoms with Crippen molar-refractivity contribution >= 4 is 24.0 Å². The lowest BCUT2D eigenvalue weighted by Gasteiger charge is -2.28. The van der Waals surface area contributed by atoms with E-state index in [1.54, 1.807) is 60.6 Å². The second kappa shape index (κ2) is 17.6. The standard InChI is InChI=1S/C42H42N10O6/c1-25(45-39(53)35(48-41(55)57-2)28-11-6-4-7-12-28)37-43-23-32(46-37)27-18-16-26(17-19-27)30-20-21-31(51-50-30)33-24-44-38(47-33)34-15-10-22-52(34)40(54)36(49-42(56)58-3)29-13-8-5-9-14-29/h4-9,11-14,16-21,23-25,34-36H,10,15,22H2,1-3H3,(H,43,46)(H,44,47)(H,45,53)(H,48,55)(H,49,56)/t25-,34-,35+,36+/m0/s1. The molecule has 1 fully saturated rings. The zero-order valence-electron chi connectivity index (χ0n) is 32.0. The highest BCUT2D eigenvalue weighted by Gasteiger charge is 2.37. The van der Waals surface area contributed by atoms with Gasteiger partial charge in [0.25, 0.3) is 5.91 Å². The van der Waals surface area contributed by atoms with Gasteiger partial charge in [0.2, 0.25) is 5.91 Å². The number of benzene rings is 3. The molecule has 4 heterocycles. The number of carbonyl (C=O) groups excluding carboxylic acids is 4. The van der Waals surface area contributed by atoms with Gasteiger partial charge in [-0.15, -0.1) is 10.2 Å². The summed E-state index contributed by atoms with van der Waals surface area (Å²) in [5, 5.41) is 17.1. The number of nitrogens with one attached hydrogen (secondary N) is 5. The van der Waals surface area contributed by atoms with Gasteiger partial charge in [0.1, 0.15) is 29.4 Å². The summed E-state index contributed by atoms with van der Waals surface area (Å²) < 4.78 is 9.53. The predicted molar refractivity (Wildman–Crippen MR) is 212 cm³/mol. The van der Waals surface area contributed by atoms with Crippen molar-refractivity contribution in [3.63, 3.8) is 0 Å². The summed E-state index contributed by atoms with van der Waals surface area (Å²) in [5.41, 5.74) is 5.67. The molecule has 58 heavy (non-hydrogen) atoms. The number of hydrogen-bond donors (Lipinski definition) is 5. The van der Waals surface area contributed by atoms with Crippen molar-refractivity contribution in [2.75, 3.05) is 20.8 Å². The van der Waals surface area contributed by atoms with Crippen LogP contribution in [0.2, 0.25) is 0 Å². The third-order valence-electron chi connectivity index (χ3n) is 9.91. The lowest BCUT2D eigenvalue weighted by Crippen LogP contribution is -2.42. The molecule has 7 rings (SSSR count). The average molecular weight is 783 g/mol. The Hall–Kier alpha value is -7.36. The Balaban J connectivity index is 0.990. The number of likely N-dealkylation sites (tertiary alicyclic amines) is 1. The van der Waals surface area contributed by atoms with Gasteiger partial charge in [0.05, 0.1) is 55.8 Å². The smallest absolute Gasteiger partial charge is 0.407 e. The minimum atomic E-state index is -0.954. The largest absolute Gasteiger partial charge is 0.453 e. The van der Waals surface area contributed by atoms with Gasteiger partial charge < -0.3 is 40.3 Å². The number of ether oxygens (including phenoxy) is 2. The van der Waals surface area contributed by atoms with Crippen LogP contribution in [0.5, 0.6) is 0 Å². The van der Waals surface area contributed by atoms with Crippen LogP contribution in [0.3, 0.4) is 0 Å². The number of nitrogens with zero attached hydrogens (tertiary/aromatic N) is 5. The van der Waals surface area contributed by atoms with E-state index in [0.29, 0.717) is 52.8 Å². The van der Waals surface area contributed by atoms with Gasteiger partial charge in [-0.1, -0.05) is 84.9 Å². The molecule has 16 nitrogen and oxygen atoms in total. The summed E-state index contributed by atoms with van der Waals surface area (Å²) in [5.74, 6) is 0.502. The Labute approximate surface area is 333 Å². The van der Waals surface area contributed by atoms with Crippen molar-refractivity contribution < 1.29 is 28.7 Å². The molecule has 3 aromatic heterocycles. The van der Waals surface area contributed by atoms with E-state index >= 15 is 0 Å². The number of alkyl carbamates (subject to hydrolysis) is 2. The maximum Gasteiger partial charge on any atom is 0.407 e. The van der Waals surface area contributed by atoms with Crippen molar-refractivity contribution in [2.24, 2.45) is 0 Å². The molecule has 0 aliphatic carbocycles. The SMILES string of the molecule is COC(=O)N[C@@H](C(=O)N[C@@H](C)c1ncc(-c2ccc(-c3ccc(-c4cnc([C@@H]5CCCN5C(=O)[C@H](NC(=O)OC)c5ccccc5)[nH]4)nn3)cc2)[nH]1)c1ccccc1. The van der Waals surface area contributed by atoms with Gasteiger partial charge in [0, 0.05) is 12.1 Å². The lowest BCUT2D eigenvalue weighted by atomic mass is 10.1. The van der Waals surface area contributed by atoms with Crippen LogP contribution in [0.25, 0.3) is 33.9 Å². The van der Waals surface area contributed by atoms with Crippen LogP contribution < -0.4 is 16.0 Å². The summed E-state index contributed by atoms with van der Waals surface area (Å²) in [4.78, 5) is 68.7. The first-order valence-corrected chi connectivity index (χ1v) is 18.7. The molecule has 4 amide bonds. The van der Waals surface area contributed by atoms with E-state index in [4.69, 9.17) is 9.47 Å². The molecular weight excluding hydrogens is 741 g/mol. The highest BCUT2D eigenvalue weighted by atomic mass is 16.5. The van der Waals surface area contributed by atoms with E-state index < -0.39 is 36.2 Å². The molecule has 0 unspecified atom stereocenters. The molecule has 0 bridgehead atoms. The second-order valence-electron chi connectivity index (χ2n) is 13.6. The van der Waals surface area contributed by atoms with E-state index in [9.17, 15) is 19.2 Å².